The van der Waals surface area contributed by atoms with Gasteiger partial charge in [-0.25, -0.2) is 0 Å². The first-order valence-corrected chi connectivity index (χ1v) is 6.18. The fourth-order valence-corrected chi connectivity index (χ4v) is 1.96. The van der Waals surface area contributed by atoms with Crippen LogP contribution in [0, 0.1) is 13.8 Å². The highest BCUT2D eigenvalue weighted by molar-refractivity contribution is 6.06. The van der Waals surface area contributed by atoms with Gasteiger partial charge in [-0.15, -0.1) is 0 Å². The van der Waals surface area contributed by atoms with Gasteiger partial charge in [0.2, 0.25) is 0 Å². The first-order chi connectivity index (χ1) is 9.52. The Morgan fingerprint density at radius 2 is 1.95 bits per heavy atom. The van der Waals surface area contributed by atoms with Crippen molar-refractivity contribution in [3.63, 3.8) is 0 Å². The van der Waals surface area contributed by atoms with Gasteiger partial charge in [-0.2, -0.15) is 5.10 Å². The van der Waals surface area contributed by atoms with Crippen LogP contribution in [-0.4, -0.2) is 29.1 Å². The topological polar surface area (TPSA) is 86.9 Å². The number of benzene rings is 1. The second-order valence-electron chi connectivity index (χ2n) is 4.42. The lowest BCUT2D eigenvalue weighted by molar-refractivity contribution is 0.0961. The first-order valence-electron chi connectivity index (χ1n) is 6.18. The third-order valence-electron chi connectivity index (χ3n) is 2.96. The van der Waals surface area contributed by atoms with E-state index in [2.05, 4.69) is 20.8 Å². The zero-order valence-electron chi connectivity index (χ0n) is 11.6. The number of nitrogens with zero attached hydrogens (tertiary/aromatic N) is 1. The SMILES string of the molecule is CNC(=O)c1cccc(NC(=O)c2c(C)n[nH]c2C)c1. The molecule has 0 radical (unpaired) electrons. The zero-order chi connectivity index (χ0) is 14.7. The van der Waals surface area contributed by atoms with Gasteiger partial charge in [0.25, 0.3) is 11.8 Å². The van der Waals surface area contributed by atoms with E-state index in [0.717, 1.165) is 0 Å². The molecule has 1 heterocycles. The van der Waals surface area contributed by atoms with Gasteiger partial charge < -0.3 is 10.6 Å². The summed E-state index contributed by atoms with van der Waals surface area (Å²) in [4.78, 5) is 23.7. The molecule has 0 bridgehead atoms. The number of aromatic nitrogens is 2. The first kappa shape index (κ1) is 13.8. The summed E-state index contributed by atoms with van der Waals surface area (Å²) < 4.78 is 0. The second kappa shape index (κ2) is 5.56. The van der Waals surface area contributed by atoms with Gasteiger partial charge in [-0.05, 0) is 32.0 Å². The number of amides is 2. The summed E-state index contributed by atoms with van der Waals surface area (Å²) in [5.74, 6) is -0.445. The van der Waals surface area contributed by atoms with E-state index in [1.165, 1.54) is 0 Å². The van der Waals surface area contributed by atoms with Crippen LogP contribution in [0.5, 0.6) is 0 Å². The highest BCUT2D eigenvalue weighted by atomic mass is 16.2. The number of anilines is 1. The summed E-state index contributed by atoms with van der Waals surface area (Å²) in [6.07, 6.45) is 0. The number of aryl methyl sites for hydroxylation is 2. The van der Waals surface area contributed by atoms with Gasteiger partial charge >= 0.3 is 0 Å². The molecule has 0 atom stereocenters. The molecule has 0 spiro atoms. The van der Waals surface area contributed by atoms with Gasteiger partial charge in [-0.1, -0.05) is 6.07 Å². The lowest BCUT2D eigenvalue weighted by atomic mass is 10.1. The van der Waals surface area contributed by atoms with Crippen molar-refractivity contribution in [2.24, 2.45) is 0 Å². The smallest absolute Gasteiger partial charge is 0.259 e. The van der Waals surface area contributed by atoms with E-state index in [0.29, 0.717) is 28.2 Å². The van der Waals surface area contributed by atoms with Crippen molar-refractivity contribution >= 4 is 17.5 Å². The summed E-state index contributed by atoms with van der Waals surface area (Å²) in [7, 11) is 1.56. The number of nitrogens with one attached hydrogen (secondary N) is 3. The van der Waals surface area contributed by atoms with Gasteiger partial charge in [0.15, 0.2) is 0 Å². The fourth-order valence-electron chi connectivity index (χ4n) is 1.96. The van der Waals surface area contributed by atoms with Gasteiger partial charge in [-0.3, -0.25) is 14.7 Å². The largest absolute Gasteiger partial charge is 0.355 e. The Morgan fingerprint density at radius 1 is 1.20 bits per heavy atom. The summed E-state index contributed by atoms with van der Waals surface area (Å²) in [6, 6.07) is 6.76. The zero-order valence-corrected chi connectivity index (χ0v) is 11.6. The minimum absolute atomic E-state index is 0.197. The van der Waals surface area contributed by atoms with Crippen molar-refractivity contribution in [2.45, 2.75) is 13.8 Å². The molecule has 0 fully saturated rings. The predicted molar refractivity (Wildman–Crippen MR) is 75.8 cm³/mol. The standard InChI is InChI=1S/C14H16N4O2/c1-8-12(9(2)18-17-8)14(20)16-11-6-4-5-10(7-11)13(19)15-3/h4-7H,1-3H3,(H,15,19)(H,16,20)(H,17,18). The summed E-state index contributed by atoms with van der Waals surface area (Å²) in [5.41, 5.74) is 2.93. The molecule has 104 valence electrons. The minimum atomic E-state index is -0.247. The molecular formula is C14H16N4O2. The van der Waals surface area contributed by atoms with Crippen molar-refractivity contribution in [1.29, 1.82) is 0 Å². The molecule has 0 aliphatic heterocycles. The van der Waals surface area contributed by atoms with Crippen LogP contribution in [-0.2, 0) is 0 Å². The van der Waals surface area contributed by atoms with E-state index in [9.17, 15) is 9.59 Å². The lowest BCUT2D eigenvalue weighted by Gasteiger charge is -2.07. The van der Waals surface area contributed by atoms with Crippen molar-refractivity contribution in [1.82, 2.24) is 15.5 Å². The van der Waals surface area contributed by atoms with Crippen LogP contribution in [0.1, 0.15) is 32.1 Å². The summed E-state index contributed by atoms with van der Waals surface area (Å²) >= 11 is 0. The quantitative estimate of drug-likeness (QED) is 0.793. The van der Waals surface area contributed by atoms with Crippen LogP contribution in [0.25, 0.3) is 0 Å². The summed E-state index contributed by atoms with van der Waals surface area (Å²) in [6.45, 7) is 3.55. The highest BCUT2D eigenvalue weighted by Crippen LogP contribution is 2.15. The molecule has 2 amide bonds. The van der Waals surface area contributed by atoms with Crippen LogP contribution in [0.15, 0.2) is 24.3 Å². The van der Waals surface area contributed by atoms with E-state index in [1.807, 2.05) is 0 Å². The average Bonchev–Trinajstić information content (AvgIpc) is 2.77. The molecule has 1 aromatic carbocycles. The van der Waals surface area contributed by atoms with Gasteiger partial charge in [0, 0.05) is 24.0 Å². The molecule has 3 N–H and O–H groups in total. The molecule has 6 nitrogen and oxygen atoms in total. The maximum atomic E-state index is 12.2. The maximum Gasteiger partial charge on any atom is 0.259 e. The molecule has 0 aliphatic carbocycles. The highest BCUT2D eigenvalue weighted by Gasteiger charge is 2.15. The number of hydrogen-bond donors (Lipinski definition) is 3. The number of carbonyl (C=O) groups is 2. The number of H-pyrrole nitrogens is 1. The predicted octanol–water partition coefficient (Wildman–Crippen LogP) is 1.64. The number of aromatic amines is 1. The maximum absolute atomic E-state index is 12.2. The lowest BCUT2D eigenvalue weighted by Crippen LogP contribution is -2.18. The Morgan fingerprint density at radius 3 is 2.55 bits per heavy atom. The molecule has 2 rings (SSSR count). The molecule has 0 saturated carbocycles. The third kappa shape index (κ3) is 2.69. The van der Waals surface area contributed by atoms with Crippen LogP contribution in [0.2, 0.25) is 0 Å². The number of carbonyl (C=O) groups excluding carboxylic acids is 2. The van der Waals surface area contributed by atoms with Crippen molar-refractivity contribution in [2.75, 3.05) is 12.4 Å². The fraction of sp³-hybridized carbons (Fsp3) is 0.214. The van der Waals surface area contributed by atoms with Gasteiger partial charge in [0.1, 0.15) is 0 Å². The monoisotopic (exact) mass is 272 g/mol. The van der Waals surface area contributed by atoms with Crippen LogP contribution >= 0.6 is 0 Å². The molecule has 0 unspecified atom stereocenters. The average molecular weight is 272 g/mol. The van der Waals surface area contributed by atoms with Crippen molar-refractivity contribution in [3.05, 3.63) is 46.8 Å². The molecule has 2 aromatic rings. The van der Waals surface area contributed by atoms with Gasteiger partial charge in [0.05, 0.1) is 11.3 Å². The molecule has 0 aliphatic rings. The number of rotatable bonds is 3. The van der Waals surface area contributed by atoms with E-state index in [1.54, 1.807) is 45.2 Å². The Balaban J connectivity index is 2.22. The Hall–Kier alpha value is -2.63. The Kier molecular flexibility index (Phi) is 3.84. The normalized spacial score (nSPS) is 10.2. The van der Waals surface area contributed by atoms with E-state index in [-0.39, 0.29) is 11.8 Å². The van der Waals surface area contributed by atoms with Crippen LogP contribution in [0.4, 0.5) is 5.69 Å². The Labute approximate surface area is 116 Å². The van der Waals surface area contributed by atoms with Crippen molar-refractivity contribution in [3.8, 4) is 0 Å². The molecule has 6 heteroatoms. The van der Waals surface area contributed by atoms with E-state index >= 15 is 0 Å². The minimum Gasteiger partial charge on any atom is -0.355 e. The summed E-state index contributed by atoms with van der Waals surface area (Å²) in [5, 5.41) is 12.1. The molecule has 0 saturated heterocycles. The Bertz CT molecular complexity index is 641. The molecule has 1 aromatic heterocycles. The van der Waals surface area contributed by atoms with E-state index < -0.39 is 0 Å². The van der Waals surface area contributed by atoms with Crippen molar-refractivity contribution < 1.29 is 9.59 Å². The third-order valence-corrected chi connectivity index (χ3v) is 2.96. The van der Waals surface area contributed by atoms with E-state index in [4.69, 9.17) is 0 Å². The number of hydrogen-bond acceptors (Lipinski definition) is 3. The second-order valence-corrected chi connectivity index (χ2v) is 4.42. The molecule has 20 heavy (non-hydrogen) atoms. The van der Waals surface area contributed by atoms with Crippen LogP contribution < -0.4 is 10.6 Å². The van der Waals surface area contributed by atoms with Crippen LogP contribution in [0.3, 0.4) is 0 Å². The molecular weight excluding hydrogens is 256 g/mol.